The summed E-state index contributed by atoms with van der Waals surface area (Å²) in [5.41, 5.74) is -0.200. The molecule has 0 bridgehead atoms. The summed E-state index contributed by atoms with van der Waals surface area (Å²) >= 11 is 3.01. The first-order chi connectivity index (χ1) is 8.47. The van der Waals surface area contributed by atoms with Crippen LogP contribution in [0.3, 0.4) is 0 Å². The minimum atomic E-state index is -1.23. The normalized spacial score (nSPS) is 11.9. The lowest BCUT2D eigenvalue weighted by Crippen LogP contribution is -2.31. The number of nitro groups is 1. The Morgan fingerprint density at radius 2 is 2.28 bits per heavy atom. The van der Waals surface area contributed by atoms with E-state index in [1.54, 1.807) is 0 Å². The van der Waals surface area contributed by atoms with Gasteiger partial charge in [0.25, 0.3) is 5.69 Å². The molecule has 1 rings (SSSR count). The van der Waals surface area contributed by atoms with Gasteiger partial charge in [-0.2, -0.15) is 0 Å². The Labute approximate surface area is 111 Å². The van der Waals surface area contributed by atoms with Crippen LogP contribution in [-0.2, 0) is 9.53 Å². The van der Waals surface area contributed by atoms with E-state index in [9.17, 15) is 14.9 Å². The van der Waals surface area contributed by atoms with Crippen LogP contribution in [0.15, 0.2) is 22.7 Å². The Bertz CT molecular complexity index is 464. The molecule has 1 atom stereocenters. The number of carboxylic acid groups (broad SMARTS) is 1. The van der Waals surface area contributed by atoms with E-state index >= 15 is 0 Å². The molecular weight excluding hydrogens is 310 g/mol. The minimum Gasteiger partial charge on any atom is -0.478 e. The fourth-order valence-electron chi connectivity index (χ4n) is 1.19. The fourth-order valence-corrected chi connectivity index (χ4v) is 1.69. The van der Waals surface area contributed by atoms with Crippen molar-refractivity contribution in [1.29, 1.82) is 0 Å². The molecule has 1 aromatic carbocycles. The van der Waals surface area contributed by atoms with Gasteiger partial charge in [0.05, 0.1) is 11.5 Å². The quantitative estimate of drug-likeness (QED) is 0.634. The highest BCUT2D eigenvalue weighted by molar-refractivity contribution is 9.10. The molecule has 0 aromatic heterocycles. The van der Waals surface area contributed by atoms with E-state index in [0.29, 0.717) is 0 Å². The Morgan fingerprint density at radius 3 is 2.78 bits per heavy atom. The average Bonchev–Trinajstić information content (AvgIpc) is 2.30. The van der Waals surface area contributed by atoms with Crippen molar-refractivity contribution in [2.45, 2.75) is 6.10 Å². The molecule has 0 heterocycles. The largest absolute Gasteiger partial charge is 0.478 e. The molecule has 1 aromatic rings. The van der Waals surface area contributed by atoms with Crippen molar-refractivity contribution in [3.05, 3.63) is 32.8 Å². The monoisotopic (exact) mass is 319 g/mol. The van der Waals surface area contributed by atoms with Crippen LogP contribution >= 0.6 is 15.9 Å². The molecule has 1 unspecified atom stereocenters. The highest BCUT2D eigenvalue weighted by Gasteiger charge is 2.23. The zero-order valence-corrected chi connectivity index (χ0v) is 10.9. The van der Waals surface area contributed by atoms with Crippen molar-refractivity contribution in [2.24, 2.45) is 0 Å². The molecule has 1 N–H and O–H groups in total. The van der Waals surface area contributed by atoms with E-state index in [-0.39, 0.29) is 22.5 Å². The van der Waals surface area contributed by atoms with Crippen molar-refractivity contribution in [3.8, 4) is 5.75 Å². The minimum absolute atomic E-state index is 0.0775. The van der Waals surface area contributed by atoms with Crippen LogP contribution in [0.1, 0.15) is 0 Å². The number of nitrogens with zero attached hydrogens (tertiary/aromatic N) is 1. The number of aliphatic carboxylic acids is 1. The molecule has 7 nitrogen and oxygen atoms in total. The molecular formula is C10H10BrNO6. The molecule has 0 radical (unpaired) electrons. The molecule has 8 heteroatoms. The van der Waals surface area contributed by atoms with Crippen LogP contribution in [-0.4, -0.2) is 35.8 Å². The van der Waals surface area contributed by atoms with Crippen LogP contribution < -0.4 is 4.74 Å². The fraction of sp³-hybridized carbons (Fsp3) is 0.300. The van der Waals surface area contributed by atoms with Gasteiger partial charge < -0.3 is 14.6 Å². The summed E-state index contributed by atoms with van der Waals surface area (Å²) in [6.45, 7) is -0.162. The predicted octanol–water partition coefficient (Wildman–Crippen LogP) is 1.84. The van der Waals surface area contributed by atoms with Crippen molar-refractivity contribution < 1.29 is 24.3 Å². The summed E-state index contributed by atoms with van der Waals surface area (Å²) in [6, 6.07) is 4.12. The maximum Gasteiger partial charge on any atom is 0.347 e. The number of benzene rings is 1. The van der Waals surface area contributed by atoms with Gasteiger partial charge in [0.1, 0.15) is 10.2 Å². The van der Waals surface area contributed by atoms with E-state index in [2.05, 4.69) is 15.9 Å². The Balaban J connectivity index is 2.99. The van der Waals surface area contributed by atoms with Gasteiger partial charge in [-0.25, -0.2) is 4.79 Å². The van der Waals surface area contributed by atoms with E-state index < -0.39 is 17.0 Å². The lowest BCUT2D eigenvalue weighted by atomic mass is 10.3. The topological polar surface area (TPSA) is 98.9 Å². The van der Waals surface area contributed by atoms with Gasteiger partial charge in [0, 0.05) is 13.2 Å². The van der Waals surface area contributed by atoms with Crippen molar-refractivity contribution in [1.82, 2.24) is 0 Å². The number of nitro benzene ring substituents is 1. The molecule has 18 heavy (non-hydrogen) atoms. The number of methoxy groups -OCH3 is 1. The lowest BCUT2D eigenvalue weighted by molar-refractivity contribution is -0.385. The van der Waals surface area contributed by atoms with Gasteiger partial charge in [0.2, 0.25) is 6.10 Å². The summed E-state index contributed by atoms with van der Waals surface area (Å²) in [5.74, 6) is -1.14. The van der Waals surface area contributed by atoms with Gasteiger partial charge in [-0.3, -0.25) is 10.1 Å². The van der Waals surface area contributed by atoms with Gasteiger partial charge in [-0.05, 0) is 22.0 Å². The van der Waals surface area contributed by atoms with E-state index in [4.69, 9.17) is 14.6 Å². The Morgan fingerprint density at radius 1 is 1.61 bits per heavy atom. The number of hydrogen-bond donors (Lipinski definition) is 1. The molecule has 0 spiro atoms. The standard InChI is InChI=1S/C10H10BrNO6/c1-17-5-8(10(13)14)18-7-4-2-3-6(9(7)11)12(15)16/h2-4,8H,5H2,1H3,(H,13,14). The van der Waals surface area contributed by atoms with Crippen molar-refractivity contribution >= 4 is 27.6 Å². The molecule has 0 saturated heterocycles. The summed E-state index contributed by atoms with van der Waals surface area (Å²) in [5, 5.41) is 19.6. The summed E-state index contributed by atoms with van der Waals surface area (Å²) in [7, 11) is 1.34. The van der Waals surface area contributed by atoms with Crippen LogP contribution in [0.2, 0.25) is 0 Å². The second-order valence-corrected chi connectivity index (χ2v) is 4.04. The third-order valence-corrected chi connectivity index (χ3v) is 2.80. The van der Waals surface area contributed by atoms with E-state index in [1.807, 2.05) is 0 Å². The van der Waals surface area contributed by atoms with Gasteiger partial charge in [-0.1, -0.05) is 6.07 Å². The number of halogens is 1. The van der Waals surface area contributed by atoms with Crippen molar-refractivity contribution in [3.63, 3.8) is 0 Å². The van der Waals surface area contributed by atoms with E-state index in [1.165, 1.54) is 25.3 Å². The van der Waals surface area contributed by atoms with Crippen LogP contribution in [0.4, 0.5) is 5.69 Å². The third-order valence-electron chi connectivity index (χ3n) is 2.00. The Hall–Kier alpha value is -1.67. The van der Waals surface area contributed by atoms with E-state index in [0.717, 1.165) is 0 Å². The molecule has 0 aliphatic carbocycles. The predicted molar refractivity (Wildman–Crippen MR) is 64.7 cm³/mol. The second-order valence-electron chi connectivity index (χ2n) is 3.25. The highest BCUT2D eigenvalue weighted by atomic mass is 79.9. The molecule has 0 aliphatic heterocycles. The first-order valence-corrected chi connectivity index (χ1v) is 5.58. The number of rotatable bonds is 6. The van der Waals surface area contributed by atoms with Crippen LogP contribution in [0.25, 0.3) is 0 Å². The summed E-state index contributed by atoms with van der Waals surface area (Å²) in [6.07, 6.45) is -1.23. The zero-order chi connectivity index (χ0) is 13.7. The number of carbonyl (C=O) groups is 1. The summed E-state index contributed by atoms with van der Waals surface area (Å²) in [4.78, 5) is 21.0. The zero-order valence-electron chi connectivity index (χ0n) is 9.33. The first kappa shape index (κ1) is 14.4. The lowest BCUT2D eigenvalue weighted by Gasteiger charge is -2.15. The first-order valence-electron chi connectivity index (χ1n) is 4.78. The second kappa shape index (κ2) is 6.31. The molecule has 0 aliphatic rings. The SMILES string of the molecule is COCC(Oc1cccc([N+](=O)[O-])c1Br)C(=O)O. The highest BCUT2D eigenvalue weighted by Crippen LogP contribution is 2.34. The van der Waals surface area contributed by atoms with Gasteiger partial charge in [-0.15, -0.1) is 0 Å². The smallest absolute Gasteiger partial charge is 0.347 e. The Kier molecular flexibility index (Phi) is 5.05. The molecule has 0 fully saturated rings. The molecule has 0 amide bonds. The third kappa shape index (κ3) is 3.41. The van der Waals surface area contributed by atoms with Crippen LogP contribution in [0, 0.1) is 10.1 Å². The molecule has 0 saturated carbocycles. The number of ether oxygens (including phenoxy) is 2. The maximum absolute atomic E-state index is 10.9. The maximum atomic E-state index is 10.9. The molecule has 98 valence electrons. The number of hydrogen-bond acceptors (Lipinski definition) is 5. The van der Waals surface area contributed by atoms with Crippen molar-refractivity contribution in [2.75, 3.05) is 13.7 Å². The number of carboxylic acids is 1. The summed E-state index contributed by atoms with van der Waals surface area (Å²) < 4.78 is 9.96. The van der Waals surface area contributed by atoms with Gasteiger partial charge >= 0.3 is 5.97 Å². The van der Waals surface area contributed by atoms with Crippen LogP contribution in [0.5, 0.6) is 5.75 Å². The van der Waals surface area contributed by atoms with Gasteiger partial charge in [0.15, 0.2) is 0 Å². The average molecular weight is 320 g/mol.